The van der Waals surface area contributed by atoms with Gasteiger partial charge in [-0.1, -0.05) is 6.07 Å². The summed E-state index contributed by atoms with van der Waals surface area (Å²) in [7, 11) is 1.70. The number of amides is 2. The Morgan fingerprint density at radius 3 is 2.45 bits per heavy atom. The van der Waals surface area contributed by atoms with Crippen LogP contribution in [0.15, 0.2) is 17.5 Å². The molecule has 0 unspecified atom stereocenters. The maximum Gasteiger partial charge on any atom is 0.323 e. The van der Waals surface area contributed by atoms with Crippen LogP contribution < -0.4 is 0 Å². The normalized spacial score (nSPS) is 11.2. The SMILES string of the molecule is CN(CCc1cccs1)C(=O)N(CC(=O)O)C(C)(C)C. The molecule has 0 aliphatic rings. The van der Waals surface area contributed by atoms with Gasteiger partial charge in [-0.3, -0.25) is 4.79 Å². The summed E-state index contributed by atoms with van der Waals surface area (Å²) < 4.78 is 0. The van der Waals surface area contributed by atoms with Crippen molar-refractivity contribution in [1.29, 1.82) is 0 Å². The second kappa shape index (κ2) is 6.74. The molecule has 20 heavy (non-hydrogen) atoms. The van der Waals surface area contributed by atoms with Gasteiger partial charge in [0.2, 0.25) is 0 Å². The summed E-state index contributed by atoms with van der Waals surface area (Å²) in [5.41, 5.74) is -0.521. The molecule has 1 aromatic heterocycles. The zero-order valence-electron chi connectivity index (χ0n) is 12.4. The molecular weight excluding hydrogens is 276 g/mol. The van der Waals surface area contributed by atoms with Gasteiger partial charge in [-0.05, 0) is 38.6 Å². The lowest BCUT2D eigenvalue weighted by Gasteiger charge is -2.37. The van der Waals surface area contributed by atoms with E-state index in [0.717, 1.165) is 6.42 Å². The van der Waals surface area contributed by atoms with Crippen molar-refractivity contribution in [3.8, 4) is 0 Å². The molecule has 0 aromatic carbocycles. The molecule has 0 saturated carbocycles. The number of aliphatic carboxylic acids is 1. The Balaban J connectivity index is 2.65. The predicted molar refractivity (Wildman–Crippen MR) is 80.1 cm³/mol. The summed E-state index contributed by atoms with van der Waals surface area (Å²) in [5.74, 6) is -1.00. The fraction of sp³-hybridized carbons (Fsp3) is 0.571. The highest BCUT2D eigenvalue weighted by molar-refractivity contribution is 7.09. The minimum Gasteiger partial charge on any atom is -0.480 e. The standard InChI is InChI=1S/C14H22N2O3S/c1-14(2,3)16(10-12(17)18)13(19)15(4)8-7-11-6-5-9-20-11/h5-6,9H,7-8,10H2,1-4H3,(H,17,18). The Labute approximate surface area is 123 Å². The number of carbonyl (C=O) groups is 2. The summed E-state index contributed by atoms with van der Waals surface area (Å²) in [5, 5.41) is 11.0. The van der Waals surface area contributed by atoms with E-state index in [-0.39, 0.29) is 12.6 Å². The monoisotopic (exact) mass is 298 g/mol. The van der Waals surface area contributed by atoms with Gasteiger partial charge in [-0.25, -0.2) is 4.79 Å². The molecule has 0 spiro atoms. The van der Waals surface area contributed by atoms with Crippen LogP contribution >= 0.6 is 11.3 Å². The summed E-state index contributed by atoms with van der Waals surface area (Å²) in [4.78, 5) is 27.5. The maximum absolute atomic E-state index is 12.4. The number of hydrogen-bond donors (Lipinski definition) is 1. The Morgan fingerprint density at radius 1 is 1.35 bits per heavy atom. The minimum atomic E-state index is -1.00. The summed E-state index contributed by atoms with van der Waals surface area (Å²) in [6, 6.07) is 3.76. The first-order valence-corrected chi connectivity index (χ1v) is 7.36. The molecule has 0 aliphatic carbocycles. The molecule has 5 nitrogen and oxygen atoms in total. The molecule has 0 saturated heterocycles. The first kappa shape index (κ1) is 16.5. The molecule has 0 radical (unpaired) electrons. The number of thiophene rings is 1. The third-order valence-electron chi connectivity index (χ3n) is 2.93. The fourth-order valence-electron chi connectivity index (χ4n) is 1.76. The van der Waals surface area contributed by atoms with Crippen molar-refractivity contribution < 1.29 is 14.7 Å². The van der Waals surface area contributed by atoms with Gasteiger partial charge in [-0.2, -0.15) is 0 Å². The highest BCUT2D eigenvalue weighted by Crippen LogP contribution is 2.16. The van der Waals surface area contributed by atoms with Crippen molar-refractivity contribution in [2.75, 3.05) is 20.1 Å². The lowest BCUT2D eigenvalue weighted by atomic mass is 10.1. The van der Waals surface area contributed by atoms with Gasteiger partial charge in [-0.15, -0.1) is 11.3 Å². The zero-order valence-corrected chi connectivity index (χ0v) is 13.2. The van der Waals surface area contributed by atoms with Gasteiger partial charge in [0.1, 0.15) is 6.54 Å². The van der Waals surface area contributed by atoms with Crippen LogP contribution in [0.1, 0.15) is 25.6 Å². The van der Waals surface area contributed by atoms with E-state index in [2.05, 4.69) is 0 Å². The van der Waals surface area contributed by atoms with Gasteiger partial charge >= 0.3 is 12.0 Å². The van der Waals surface area contributed by atoms with E-state index < -0.39 is 11.5 Å². The number of likely N-dealkylation sites (N-methyl/N-ethyl adjacent to an activating group) is 1. The second-order valence-electron chi connectivity index (χ2n) is 5.68. The van der Waals surface area contributed by atoms with Crippen molar-refractivity contribution in [2.45, 2.75) is 32.7 Å². The third-order valence-corrected chi connectivity index (χ3v) is 3.87. The minimum absolute atomic E-state index is 0.253. The molecule has 1 rings (SSSR count). The Morgan fingerprint density at radius 2 is 2.00 bits per heavy atom. The lowest BCUT2D eigenvalue weighted by molar-refractivity contribution is -0.138. The predicted octanol–water partition coefficient (Wildman–Crippen LogP) is 2.53. The van der Waals surface area contributed by atoms with Gasteiger partial charge in [0.15, 0.2) is 0 Å². The Bertz CT molecular complexity index is 451. The zero-order chi connectivity index (χ0) is 15.3. The van der Waals surface area contributed by atoms with E-state index in [1.807, 2.05) is 38.3 Å². The van der Waals surface area contributed by atoms with E-state index >= 15 is 0 Å². The molecule has 1 heterocycles. The van der Waals surface area contributed by atoms with E-state index in [9.17, 15) is 9.59 Å². The van der Waals surface area contributed by atoms with Crippen LogP contribution in [0, 0.1) is 0 Å². The van der Waals surface area contributed by atoms with Crippen molar-refractivity contribution in [1.82, 2.24) is 9.80 Å². The lowest BCUT2D eigenvalue weighted by Crippen LogP contribution is -2.53. The van der Waals surface area contributed by atoms with Gasteiger partial charge in [0.05, 0.1) is 0 Å². The topological polar surface area (TPSA) is 60.9 Å². The second-order valence-corrected chi connectivity index (χ2v) is 6.72. The van der Waals surface area contributed by atoms with Gasteiger partial charge in [0.25, 0.3) is 0 Å². The molecule has 2 amide bonds. The Hall–Kier alpha value is -1.56. The number of carboxylic acid groups (broad SMARTS) is 1. The smallest absolute Gasteiger partial charge is 0.323 e. The summed E-state index contributed by atoms with van der Waals surface area (Å²) in [6.45, 7) is 5.79. The number of nitrogens with zero attached hydrogens (tertiary/aromatic N) is 2. The molecule has 6 heteroatoms. The highest BCUT2D eigenvalue weighted by atomic mass is 32.1. The van der Waals surface area contributed by atoms with E-state index in [1.54, 1.807) is 23.3 Å². The van der Waals surface area contributed by atoms with Crippen LogP contribution in [-0.4, -0.2) is 52.6 Å². The van der Waals surface area contributed by atoms with Crippen LogP contribution in [0.25, 0.3) is 0 Å². The van der Waals surface area contributed by atoms with Crippen LogP contribution in [0.3, 0.4) is 0 Å². The first-order chi connectivity index (χ1) is 9.21. The van der Waals surface area contributed by atoms with Crippen LogP contribution in [0.2, 0.25) is 0 Å². The molecule has 1 aromatic rings. The molecule has 0 fully saturated rings. The molecule has 0 atom stereocenters. The van der Waals surface area contributed by atoms with E-state index in [0.29, 0.717) is 6.54 Å². The van der Waals surface area contributed by atoms with Crippen molar-refractivity contribution >= 4 is 23.3 Å². The number of carboxylic acids is 1. The van der Waals surface area contributed by atoms with Crippen molar-refractivity contribution in [2.24, 2.45) is 0 Å². The van der Waals surface area contributed by atoms with Gasteiger partial charge in [0, 0.05) is 24.0 Å². The van der Waals surface area contributed by atoms with Gasteiger partial charge < -0.3 is 14.9 Å². The van der Waals surface area contributed by atoms with Crippen LogP contribution in [0.4, 0.5) is 4.79 Å². The maximum atomic E-state index is 12.4. The first-order valence-electron chi connectivity index (χ1n) is 6.48. The van der Waals surface area contributed by atoms with Crippen LogP contribution in [-0.2, 0) is 11.2 Å². The molecule has 112 valence electrons. The number of urea groups is 1. The molecule has 0 bridgehead atoms. The fourth-order valence-corrected chi connectivity index (χ4v) is 2.46. The summed E-state index contributed by atoms with van der Waals surface area (Å²) >= 11 is 1.66. The Kier molecular flexibility index (Phi) is 5.56. The van der Waals surface area contributed by atoms with Crippen LogP contribution in [0.5, 0.6) is 0 Å². The van der Waals surface area contributed by atoms with Crippen molar-refractivity contribution in [3.63, 3.8) is 0 Å². The third kappa shape index (κ3) is 4.85. The average molecular weight is 298 g/mol. The van der Waals surface area contributed by atoms with E-state index in [4.69, 9.17) is 5.11 Å². The highest BCUT2D eigenvalue weighted by Gasteiger charge is 2.30. The van der Waals surface area contributed by atoms with Crippen molar-refractivity contribution in [3.05, 3.63) is 22.4 Å². The molecular formula is C14H22N2O3S. The molecule has 1 N–H and O–H groups in total. The summed E-state index contributed by atoms with van der Waals surface area (Å²) in [6.07, 6.45) is 0.783. The number of hydrogen-bond acceptors (Lipinski definition) is 3. The molecule has 0 aliphatic heterocycles. The number of rotatable bonds is 5. The quantitative estimate of drug-likeness (QED) is 0.908. The van der Waals surface area contributed by atoms with E-state index in [1.165, 1.54) is 9.78 Å². The largest absolute Gasteiger partial charge is 0.480 e. The number of carbonyl (C=O) groups excluding carboxylic acids is 1. The average Bonchev–Trinajstić information content (AvgIpc) is 2.83.